The zero-order valence-electron chi connectivity index (χ0n) is 11.5. The lowest BCUT2D eigenvalue weighted by molar-refractivity contribution is -0.144. The second kappa shape index (κ2) is 4.80. The molecule has 23 heavy (non-hydrogen) atoms. The van der Waals surface area contributed by atoms with Crippen LogP contribution in [0.4, 0.5) is 0 Å². The SMILES string of the molecule is N#CC1=C(C2C=CC=C2)[C@]2(C#N)C(=O)C(Cl)C(Cl)C(=O)[C@]12C#N. The lowest BCUT2D eigenvalue weighted by atomic mass is 9.40. The maximum absolute atomic E-state index is 12.8. The number of fused-ring (bicyclic) bond motifs is 1. The van der Waals surface area contributed by atoms with E-state index in [1.165, 1.54) is 0 Å². The Balaban J connectivity index is 2.40. The van der Waals surface area contributed by atoms with Crippen molar-refractivity contribution in [2.45, 2.75) is 10.8 Å². The summed E-state index contributed by atoms with van der Waals surface area (Å²) in [7, 11) is 0. The van der Waals surface area contributed by atoms with Crippen molar-refractivity contribution in [1.29, 1.82) is 15.8 Å². The summed E-state index contributed by atoms with van der Waals surface area (Å²) in [6.07, 6.45) is 6.76. The van der Waals surface area contributed by atoms with Crippen molar-refractivity contribution in [3.05, 3.63) is 35.5 Å². The van der Waals surface area contributed by atoms with Crippen LogP contribution in [0, 0.1) is 50.7 Å². The van der Waals surface area contributed by atoms with Gasteiger partial charge in [-0.15, -0.1) is 23.2 Å². The van der Waals surface area contributed by atoms with Crippen LogP contribution >= 0.6 is 23.2 Å². The highest BCUT2D eigenvalue weighted by Gasteiger charge is 2.79. The predicted octanol–water partition coefficient (Wildman–Crippen LogP) is 1.95. The molecule has 3 aliphatic rings. The van der Waals surface area contributed by atoms with Crippen LogP contribution in [0.3, 0.4) is 0 Å². The fraction of sp³-hybridized carbons (Fsp3) is 0.312. The number of carbonyl (C=O) groups excluding carboxylic acids is 2. The zero-order valence-corrected chi connectivity index (χ0v) is 13.0. The van der Waals surface area contributed by atoms with E-state index in [1.807, 2.05) is 12.1 Å². The van der Waals surface area contributed by atoms with Crippen molar-refractivity contribution >= 4 is 34.8 Å². The summed E-state index contributed by atoms with van der Waals surface area (Å²) in [5.74, 6) is -2.17. The van der Waals surface area contributed by atoms with E-state index in [1.54, 1.807) is 30.4 Å². The maximum atomic E-state index is 12.8. The van der Waals surface area contributed by atoms with Gasteiger partial charge in [0.15, 0.2) is 22.4 Å². The number of carbonyl (C=O) groups is 2. The normalized spacial score (nSPS) is 38.6. The first-order valence-corrected chi connectivity index (χ1v) is 7.50. The third-order valence-electron chi connectivity index (χ3n) is 4.64. The summed E-state index contributed by atoms with van der Waals surface area (Å²) in [6, 6.07) is 5.38. The number of rotatable bonds is 1. The van der Waals surface area contributed by atoms with Crippen LogP contribution in [-0.4, -0.2) is 22.3 Å². The molecule has 0 spiro atoms. The summed E-state index contributed by atoms with van der Waals surface area (Å²) in [6.45, 7) is 0. The Hall–Kier alpha value is -2.39. The van der Waals surface area contributed by atoms with Gasteiger partial charge in [-0.2, -0.15) is 15.8 Å². The van der Waals surface area contributed by atoms with Crippen LogP contribution in [0.1, 0.15) is 0 Å². The first kappa shape index (κ1) is 15.5. The largest absolute Gasteiger partial charge is 0.296 e. The van der Waals surface area contributed by atoms with Crippen LogP contribution in [-0.2, 0) is 9.59 Å². The van der Waals surface area contributed by atoms with E-state index >= 15 is 0 Å². The van der Waals surface area contributed by atoms with E-state index in [0.29, 0.717) is 0 Å². The number of hydrogen-bond donors (Lipinski definition) is 0. The lowest BCUT2D eigenvalue weighted by Crippen LogP contribution is -2.70. The molecule has 0 aromatic carbocycles. The van der Waals surface area contributed by atoms with Gasteiger partial charge in [-0.25, -0.2) is 0 Å². The van der Waals surface area contributed by atoms with E-state index in [2.05, 4.69) is 0 Å². The van der Waals surface area contributed by atoms with E-state index < -0.39 is 39.1 Å². The summed E-state index contributed by atoms with van der Waals surface area (Å²) in [5, 5.41) is 25.9. The number of nitrogens with zero attached hydrogens (tertiary/aromatic N) is 3. The fourth-order valence-electron chi connectivity index (χ4n) is 3.60. The van der Waals surface area contributed by atoms with Gasteiger partial charge in [0, 0.05) is 5.92 Å². The predicted molar refractivity (Wildman–Crippen MR) is 79.8 cm³/mol. The van der Waals surface area contributed by atoms with Crippen LogP contribution < -0.4 is 0 Å². The smallest absolute Gasteiger partial charge is 0.181 e. The molecule has 0 aromatic rings. The van der Waals surface area contributed by atoms with E-state index in [4.69, 9.17) is 23.2 Å². The topological polar surface area (TPSA) is 106 Å². The Morgan fingerprint density at radius 2 is 1.39 bits per heavy atom. The van der Waals surface area contributed by atoms with Crippen LogP contribution in [0.5, 0.6) is 0 Å². The molecule has 0 N–H and O–H groups in total. The molecule has 7 heteroatoms. The molecule has 0 saturated heterocycles. The minimum Gasteiger partial charge on any atom is -0.296 e. The third kappa shape index (κ3) is 1.41. The van der Waals surface area contributed by atoms with E-state index in [0.717, 1.165) is 0 Å². The van der Waals surface area contributed by atoms with Crippen LogP contribution in [0.15, 0.2) is 35.5 Å². The monoisotopic (exact) mass is 343 g/mol. The first-order valence-electron chi connectivity index (χ1n) is 6.63. The molecule has 0 aliphatic heterocycles. The number of nitriles is 3. The third-order valence-corrected chi connectivity index (χ3v) is 5.67. The number of ketones is 2. The van der Waals surface area contributed by atoms with E-state index in [9.17, 15) is 25.4 Å². The average Bonchev–Trinajstić information content (AvgIpc) is 3.06. The average molecular weight is 344 g/mol. The molecule has 4 atom stereocenters. The van der Waals surface area contributed by atoms with Crippen LogP contribution in [0.25, 0.3) is 0 Å². The molecule has 0 aromatic heterocycles. The Morgan fingerprint density at radius 1 is 0.913 bits per heavy atom. The summed E-state index contributed by atoms with van der Waals surface area (Å²) in [5.41, 5.74) is -4.26. The van der Waals surface area contributed by atoms with Crippen molar-refractivity contribution in [2.24, 2.45) is 16.7 Å². The van der Waals surface area contributed by atoms with Gasteiger partial charge in [-0.3, -0.25) is 9.59 Å². The summed E-state index contributed by atoms with van der Waals surface area (Å²) >= 11 is 11.9. The van der Waals surface area contributed by atoms with Gasteiger partial charge in [0.05, 0.1) is 23.8 Å². The van der Waals surface area contributed by atoms with Crippen molar-refractivity contribution in [3.63, 3.8) is 0 Å². The molecule has 112 valence electrons. The molecule has 1 saturated carbocycles. The molecule has 2 unspecified atom stereocenters. The quantitative estimate of drug-likeness (QED) is 0.676. The summed E-state index contributed by atoms with van der Waals surface area (Å²) in [4.78, 5) is 25.4. The second-order valence-electron chi connectivity index (χ2n) is 5.45. The van der Waals surface area contributed by atoms with Crippen LogP contribution in [0.2, 0.25) is 0 Å². The highest BCUT2D eigenvalue weighted by Crippen LogP contribution is 2.67. The number of halogens is 2. The molecule has 0 amide bonds. The van der Waals surface area contributed by atoms with Crippen molar-refractivity contribution in [1.82, 2.24) is 0 Å². The van der Waals surface area contributed by atoms with Gasteiger partial charge in [0.1, 0.15) is 10.8 Å². The molecule has 0 bridgehead atoms. The molecular weight excluding hydrogens is 337 g/mol. The van der Waals surface area contributed by atoms with Crippen molar-refractivity contribution in [3.8, 4) is 18.2 Å². The minimum atomic E-state index is -2.18. The highest BCUT2D eigenvalue weighted by atomic mass is 35.5. The van der Waals surface area contributed by atoms with Gasteiger partial charge < -0.3 is 0 Å². The Kier molecular flexibility index (Phi) is 3.24. The lowest BCUT2D eigenvalue weighted by Gasteiger charge is -2.54. The van der Waals surface area contributed by atoms with Gasteiger partial charge in [0.25, 0.3) is 0 Å². The molecule has 3 aliphatic carbocycles. The highest BCUT2D eigenvalue weighted by molar-refractivity contribution is 6.47. The number of alkyl halides is 2. The summed E-state index contributed by atoms with van der Waals surface area (Å²) < 4.78 is 0. The van der Waals surface area contributed by atoms with Crippen molar-refractivity contribution < 1.29 is 9.59 Å². The Labute approximate surface area is 141 Å². The molecule has 1 fully saturated rings. The molecule has 5 nitrogen and oxygen atoms in total. The second-order valence-corrected chi connectivity index (χ2v) is 6.39. The number of allylic oxidation sites excluding steroid dienone is 6. The minimum absolute atomic E-state index is 0.154. The maximum Gasteiger partial charge on any atom is 0.181 e. The van der Waals surface area contributed by atoms with Crippen molar-refractivity contribution in [2.75, 3.05) is 0 Å². The molecule has 3 rings (SSSR count). The fourth-order valence-corrected chi connectivity index (χ4v) is 4.16. The van der Waals surface area contributed by atoms with E-state index in [-0.39, 0.29) is 11.1 Å². The Morgan fingerprint density at radius 3 is 1.83 bits per heavy atom. The zero-order chi connectivity index (χ0) is 17.0. The standard InChI is InChI=1S/C16H7Cl2N3O2/c17-11-12(18)14(23)16(7-21)10(8-3-1-2-4-8)9(5-19)15(16,6-20)13(11)22/h1-4,8,11-12H/t11?,12?,15-,16+/m0/s1. The molecular formula is C16H7Cl2N3O2. The van der Waals surface area contributed by atoms with Gasteiger partial charge in [0.2, 0.25) is 0 Å². The van der Waals surface area contributed by atoms with Gasteiger partial charge in [-0.1, -0.05) is 24.3 Å². The first-order chi connectivity index (χ1) is 10.9. The number of Topliss-reactive ketones (excluding diaryl/α,β-unsaturated/α-hetero) is 2. The van der Waals surface area contributed by atoms with Gasteiger partial charge in [-0.05, 0) is 5.57 Å². The molecule has 0 heterocycles. The molecule has 0 radical (unpaired) electrons. The Bertz CT molecular complexity index is 855. The van der Waals surface area contributed by atoms with Gasteiger partial charge >= 0.3 is 0 Å². The number of hydrogen-bond acceptors (Lipinski definition) is 5.